The number of hydrogen-bond donors (Lipinski definition) is 1. The van der Waals surface area contributed by atoms with Crippen molar-refractivity contribution in [3.8, 4) is 0 Å². The highest BCUT2D eigenvalue weighted by Crippen LogP contribution is 2.21. The van der Waals surface area contributed by atoms with E-state index < -0.39 is 34.1 Å². The number of hydrogen-bond acceptors (Lipinski definition) is 4. The molecular formula is C24H32BrN3O4S. The largest absolute Gasteiger partial charge is 0.350 e. The molecule has 1 atom stereocenters. The molecule has 0 aliphatic rings. The molecule has 0 fully saturated rings. The summed E-state index contributed by atoms with van der Waals surface area (Å²) < 4.78 is 26.9. The van der Waals surface area contributed by atoms with Gasteiger partial charge in [-0.15, -0.1) is 0 Å². The van der Waals surface area contributed by atoms with Crippen molar-refractivity contribution in [2.45, 2.75) is 45.7 Å². The Balaban J connectivity index is 2.31. The molecule has 0 saturated carbocycles. The number of nitrogens with one attached hydrogen (secondary N) is 1. The van der Waals surface area contributed by atoms with Crippen LogP contribution in [0, 0.1) is 0 Å². The molecule has 2 amide bonds. The van der Waals surface area contributed by atoms with Crippen molar-refractivity contribution in [2.75, 3.05) is 23.7 Å². The zero-order valence-corrected chi connectivity index (χ0v) is 22.1. The van der Waals surface area contributed by atoms with E-state index in [4.69, 9.17) is 0 Å². The molecule has 0 spiro atoms. The number of nitrogens with zero attached hydrogens (tertiary/aromatic N) is 2. The second-order valence-electron chi connectivity index (χ2n) is 8.98. The minimum atomic E-state index is -3.73. The van der Waals surface area contributed by atoms with Crippen LogP contribution >= 0.6 is 15.9 Å². The van der Waals surface area contributed by atoms with Crippen molar-refractivity contribution in [3.63, 3.8) is 0 Å². The van der Waals surface area contributed by atoms with E-state index in [0.717, 1.165) is 20.6 Å². The SMILES string of the molecule is CC(C(=O)NC(C)(C)C)N(CCc1ccccc1)C(=O)CN(c1ccc(Br)cc1)S(C)(=O)=O. The van der Waals surface area contributed by atoms with Crippen molar-refractivity contribution in [3.05, 3.63) is 64.6 Å². The molecule has 1 unspecified atom stereocenters. The lowest BCUT2D eigenvalue weighted by Gasteiger charge is -2.33. The van der Waals surface area contributed by atoms with Crippen LogP contribution < -0.4 is 9.62 Å². The van der Waals surface area contributed by atoms with Crippen molar-refractivity contribution in [1.82, 2.24) is 10.2 Å². The van der Waals surface area contributed by atoms with Gasteiger partial charge in [-0.25, -0.2) is 8.42 Å². The van der Waals surface area contributed by atoms with Gasteiger partial charge in [-0.1, -0.05) is 46.3 Å². The van der Waals surface area contributed by atoms with Crippen LogP contribution in [0.3, 0.4) is 0 Å². The van der Waals surface area contributed by atoms with Gasteiger partial charge in [0.2, 0.25) is 21.8 Å². The molecule has 7 nitrogen and oxygen atoms in total. The molecule has 2 aromatic carbocycles. The lowest BCUT2D eigenvalue weighted by Crippen LogP contribution is -2.55. The zero-order chi connectivity index (χ0) is 24.8. The smallest absolute Gasteiger partial charge is 0.244 e. The normalized spacial score (nSPS) is 12.7. The van der Waals surface area contributed by atoms with Gasteiger partial charge >= 0.3 is 0 Å². The van der Waals surface area contributed by atoms with Crippen molar-refractivity contribution >= 4 is 43.5 Å². The quantitative estimate of drug-likeness (QED) is 0.529. The average Bonchev–Trinajstić information content (AvgIpc) is 2.71. The number of amides is 2. The molecule has 2 rings (SSSR count). The summed E-state index contributed by atoms with van der Waals surface area (Å²) in [5.41, 5.74) is 0.936. The zero-order valence-electron chi connectivity index (χ0n) is 19.7. The molecule has 2 aromatic rings. The standard InChI is InChI=1S/C24H32BrN3O4S/c1-18(23(30)26-24(2,3)4)27(16-15-19-9-7-6-8-10-19)22(29)17-28(33(5,31)32)21-13-11-20(25)12-14-21/h6-14,18H,15-17H2,1-5H3,(H,26,30). The maximum Gasteiger partial charge on any atom is 0.244 e. The van der Waals surface area contributed by atoms with Crippen LogP contribution in [0.5, 0.6) is 0 Å². The molecule has 0 aromatic heterocycles. The Hall–Kier alpha value is -2.39. The highest BCUT2D eigenvalue weighted by Gasteiger charge is 2.31. The highest BCUT2D eigenvalue weighted by molar-refractivity contribution is 9.10. The van der Waals surface area contributed by atoms with Gasteiger partial charge in [-0.2, -0.15) is 0 Å². The molecular weight excluding hydrogens is 506 g/mol. The van der Waals surface area contributed by atoms with Crippen LogP contribution in [0.15, 0.2) is 59.1 Å². The van der Waals surface area contributed by atoms with E-state index in [1.807, 2.05) is 51.1 Å². The van der Waals surface area contributed by atoms with Gasteiger partial charge in [0.25, 0.3) is 0 Å². The molecule has 0 radical (unpaired) electrons. The Morgan fingerprint density at radius 3 is 2.12 bits per heavy atom. The van der Waals surface area contributed by atoms with Gasteiger partial charge in [0.1, 0.15) is 12.6 Å². The van der Waals surface area contributed by atoms with Crippen LogP contribution in [0.2, 0.25) is 0 Å². The fraction of sp³-hybridized carbons (Fsp3) is 0.417. The summed E-state index contributed by atoms with van der Waals surface area (Å²) in [5.74, 6) is -0.741. The van der Waals surface area contributed by atoms with Crippen LogP contribution in [0.4, 0.5) is 5.69 Å². The molecule has 0 saturated heterocycles. The third-order valence-corrected chi connectivity index (χ3v) is 6.61. The Morgan fingerprint density at radius 2 is 1.61 bits per heavy atom. The maximum atomic E-state index is 13.4. The van der Waals surface area contributed by atoms with Gasteiger partial charge in [-0.3, -0.25) is 13.9 Å². The first kappa shape index (κ1) is 26.9. The molecule has 0 aliphatic carbocycles. The number of anilines is 1. The van der Waals surface area contributed by atoms with Crippen molar-refractivity contribution < 1.29 is 18.0 Å². The van der Waals surface area contributed by atoms with Gasteiger partial charge in [-0.05, 0) is 63.9 Å². The van der Waals surface area contributed by atoms with Gasteiger partial charge in [0.05, 0.1) is 11.9 Å². The lowest BCUT2D eigenvalue weighted by atomic mass is 10.1. The van der Waals surface area contributed by atoms with Crippen molar-refractivity contribution in [2.24, 2.45) is 0 Å². The van der Waals surface area contributed by atoms with E-state index in [0.29, 0.717) is 12.1 Å². The molecule has 0 aliphatic heterocycles. The van der Waals surface area contributed by atoms with Gasteiger partial charge in [0.15, 0.2) is 0 Å². The molecule has 0 bridgehead atoms. The summed E-state index contributed by atoms with van der Waals surface area (Å²) >= 11 is 3.33. The number of carbonyl (C=O) groups excluding carboxylic acids is 2. The van der Waals surface area contributed by atoms with E-state index in [-0.39, 0.29) is 12.5 Å². The first-order valence-corrected chi connectivity index (χ1v) is 13.3. The monoisotopic (exact) mass is 537 g/mol. The van der Waals surface area contributed by atoms with E-state index in [2.05, 4.69) is 21.2 Å². The lowest BCUT2D eigenvalue weighted by molar-refractivity contribution is -0.139. The van der Waals surface area contributed by atoms with Crippen LogP contribution in [-0.4, -0.2) is 56.1 Å². The fourth-order valence-corrected chi connectivity index (χ4v) is 4.38. The Morgan fingerprint density at radius 1 is 1.03 bits per heavy atom. The number of carbonyl (C=O) groups is 2. The van der Waals surface area contributed by atoms with E-state index in [1.54, 1.807) is 31.2 Å². The van der Waals surface area contributed by atoms with Gasteiger partial charge in [0, 0.05) is 16.6 Å². The third-order valence-electron chi connectivity index (χ3n) is 4.94. The van der Waals surface area contributed by atoms with Crippen LogP contribution in [-0.2, 0) is 26.0 Å². The van der Waals surface area contributed by atoms with Gasteiger partial charge < -0.3 is 10.2 Å². The summed E-state index contributed by atoms with van der Waals surface area (Å²) in [5, 5.41) is 2.90. The number of sulfonamides is 1. The summed E-state index contributed by atoms with van der Waals surface area (Å²) in [6.07, 6.45) is 1.60. The number of benzene rings is 2. The van der Waals surface area contributed by atoms with E-state index in [1.165, 1.54) is 4.90 Å². The first-order valence-electron chi connectivity index (χ1n) is 10.7. The summed E-state index contributed by atoms with van der Waals surface area (Å²) in [6.45, 7) is 7.14. The predicted molar refractivity (Wildman–Crippen MR) is 136 cm³/mol. The second-order valence-corrected chi connectivity index (χ2v) is 11.8. The number of halogens is 1. The first-order chi connectivity index (χ1) is 15.3. The van der Waals surface area contributed by atoms with Crippen LogP contribution in [0.1, 0.15) is 33.3 Å². The van der Waals surface area contributed by atoms with E-state index in [9.17, 15) is 18.0 Å². The second kappa shape index (κ2) is 11.2. The molecule has 33 heavy (non-hydrogen) atoms. The molecule has 0 heterocycles. The van der Waals surface area contributed by atoms with Crippen molar-refractivity contribution in [1.29, 1.82) is 0 Å². The average molecular weight is 539 g/mol. The molecule has 180 valence electrons. The number of rotatable bonds is 9. The summed E-state index contributed by atoms with van der Waals surface area (Å²) in [6, 6.07) is 15.5. The summed E-state index contributed by atoms with van der Waals surface area (Å²) in [7, 11) is -3.73. The predicted octanol–water partition coefficient (Wildman–Crippen LogP) is 3.59. The Bertz CT molecular complexity index is 1050. The molecule has 9 heteroatoms. The Kier molecular flexibility index (Phi) is 9.08. The minimum absolute atomic E-state index is 0.277. The Labute approximate surface area is 205 Å². The topological polar surface area (TPSA) is 86.8 Å². The van der Waals surface area contributed by atoms with E-state index >= 15 is 0 Å². The summed E-state index contributed by atoms with van der Waals surface area (Å²) in [4.78, 5) is 27.7. The maximum absolute atomic E-state index is 13.4. The highest BCUT2D eigenvalue weighted by atomic mass is 79.9. The fourth-order valence-electron chi connectivity index (χ4n) is 3.27. The third kappa shape index (κ3) is 8.47. The minimum Gasteiger partial charge on any atom is -0.350 e. The van der Waals surface area contributed by atoms with Crippen LogP contribution in [0.25, 0.3) is 0 Å². The molecule has 1 N–H and O–H groups in total.